The number of carbonyl (C=O) groups is 2. The number of benzene rings is 1. The molecule has 5 heteroatoms. The van der Waals surface area contributed by atoms with Crippen LogP contribution in [0.2, 0.25) is 0 Å². The molecule has 0 aliphatic heterocycles. The first-order chi connectivity index (χ1) is 10.3. The number of fused-ring (bicyclic) bond motifs is 1. The van der Waals surface area contributed by atoms with Crippen molar-refractivity contribution in [3.63, 3.8) is 0 Å². The number of amides is 1. The molecule has 2 N–H and O–H groups in total. The van der Waals surface area contributed by atoms with Crippen molar-refractivity contribution in [1.29, 1.82) is 0 Å². The van der Waals surface area contributed by atoms with Gasteiger partial charge in [0.05, 0.1) is 5.56 Å². The molecule has 118 valence electrons. The zero-order valence-electron chi connectivity index (χ0n) is 13.3. The largest absolute Gasteiger partial charge is 0.480 e. The first-order valence-electron chi connectivity index (χ1n) is 7.31. The van der Waals surface area contributed by atoms with E-state index >= 15 is 0 Å². The Morgan fingerprint density at radius 1 is 1.23 bits per heavy atom. The van der Waals surface area contributed by atoms with Gasteiger partial charge in [0.1, 0.15) is 17.9 Å². The summed E-state index contributed by atoms with van der Waals surface area (Å²) in [6.07, 6.45) is 1.77. The quantitative estimate of drug-likeness (QED) is 0.888. The molecule has 5 nitrogen and oxygen atoms in total. The Kier molecular flexibility index (Phi) is 4.54. The van der Waals surface area contributed by atoms with Crippen LogP contribution < -0.4 is 5.32 Å². The van der Waals surface area contributed by atoms with Gasteiger partial charge >= 0.3 is 5.97 Å². The number of hydrogen-bond acceptors (Lipinski definition) is 3. The minimum atomic E-state index is -1.03. The number of hydrogen-bond donors (Lipinski definition) is 2. The Balaban J connectivity index is 2.29. The van der Waals surface area contributed by atoms with Crippen LogP contribution >= 0.6 is 0 Å². The molecule has 1 heterocycles. The van der Waals surface area contributed by atoms with Crippen molar-refractivity contribution in [2.24, 2.45) is 5.92 Å². The average molecular weight is 303 g/mol. The fourth-order valence-corrected chi connectivity index (χ4v) is 2.39. The number of aliphatic carboxylic acids is 1. The summed E-state index contributed by atoms with van der Waals surface area (Å²) in [5.41, 5.74) is 3.13. The molecule has 0 spiro atoms. The molecule has 1 aromatic heterocycles. The second kappa shape index (κ2) is 6.22. The number of rotatable bonds is 5. The lowest BCUT2D eigenvalue weighted by Gasteiger charge is -2.16. The van der Waals surface area contributed by atoms with Crippen molar-refractivity contribution in [1.82, 2.24) is 5.32 Å². The summed E-state index contributed by atoms with van der Waals surface area (Å²) in [6, 6.07) is 2.87. The zero-order chi connectivity index (χ0) is 16.4. The Morgan fingerprint density at radius 3 is 2.45 bits per heavy atom. The Morgan fingerprint density at radius 2 is 1.86 bits per heavy atom. The number of carbonyl (C=O) groups excluding carboxylic acids is 1. The highest BCUT2D eigenvalue weighted by Gasteiger charge is 2.23. The van der Waals surface area contributed by atoms with Crippen molar-refractivity contribution >= 4 is 22.8 Å². The summed E-state index contributed by atoms with van der Waals surface area (Å²) >= 11 is 0. The van der Waals surface area contributed by atoms with E-state index < -0.39 is 17.9 Å². The predicted molar refractivity (Wildman–Crippen MR) is 84.0 cm³/mol. The number of aryl methyl sites for hydroxylation is 2. The molecule has 1 atom stereocenters. The maximum atomic E-state index is 12.4. The lowest BCUT2D eigenvalue weighted by Crippen LogP contribution is -2.41. The zero-order valence-corrected chi connectivity index (χ0v) is 13.3. The minimum absolute atomic E-state index is 0.174. The average Bonchev–Trinajstić information content (AvgIpc) is 2.80. The summed E-state index contributed by atoms with van der Waals surface area (Å²) in [5.74, 6) is -1.27. The van der Waals surface area contributed by atoms with Gasteiger partial charge in [-0.1, -0.05) is 13.8 Å². The molecule has 22 heavy (non-hydrogen) atoms. The van der Waals surface area contributed by atoms with Crippen LogP contribution in [0.3, 0.4) is 0 Å². The fraction of sp³-hybridized carbons (Fsp3) is 0.412. The Labute approximate surface area is 129 Å². The van der Waals surface area contributed by atoms with Gasteiger partial charge in [-0.05, 0) is 49.4 Å². The molecule has 0 unspecified atom stereocenters. The smallest absolute Gasteiger partial charge is 0.326 e. The van der Waals surface area contributed by atoms with Gasteiger partial charge in [-0.3, -0.25) is 4.79 Å². The molecule has 0 saturated heterocycles. The molecular weight excluding hydrogens is 282 g/mol. The van der Waals surface area contributed by atoms with E-state index in [9.17, 15) is 14.7 Å². The highest BCUT2D eigenvalue weighted by molar-refractivity contribution is 6.07. The lowest BCUT2D eigenvalue weighted by atomic mass is 10.0. The van der Waals surface area contributed by atoms with E-state index in [1.54, 1.807) is 0 Å². The number of nitrogens with one attached hydrogen (secondary N) is 1. The highest BCUT2D eigenvalue weighted by atomic mass is 16.4. The fourth-order valence-electron chi connectivity index (χ4n) is 2.39. The molecular formula is C17H21NO4. The van der Waals surface area contributed by atoms with Crippen molar-refractivity contribution in [3.05, 3.63) is 35.1 Å². The third kappa shape index (κ3) is 3.30. The Bertz CT molecular complexity index is 715. The molecule has 2 rings (SSSR count). The van der Waals surface area contributed by atoms with Crippen molar-refractivity contribution in [3.8, 4) is 0 Å². The van der Waals surface area contributed by atoms with Gasteiger partial charge in [0.25, 0.3) is 5.91 Å². The first-order valence-corrected chi connectivity index (χ1v) is 7.31. The van der Waals surface area contributed by atoms with Crippen molar-refractivity contribution in [2.45, 2.75) is 40.2 Å². The normalized spacial score (nSPS) is 12.6. The van der Waals surface area contributed by atoms with Crippen LogP contribution in [0.25, 0.3) is 11.0 Å². The summed E-state index contributed by atoms with van der Waals surface area (Å²) in [6.45, 7) is 7.77. The molecule has 0 aliphatic rings. The summed E-state index contributed by atoms with van der Waals surface area (Å²) in [5, 5.41) is 12.5. The van der Waals surface area contributed by atoms with Gasteiger partial charge in [0.2, 0.25) is 0 Å². The van der Waals surface area contributed by atoms with Crippen LogP contribution in [-0.2, 0) is 4.79 Å². The van der Waals surface area contributed by atoms with Crippen LogP contribution in [0, 0.1) is 19.8 Å². The Hall–Kier alpha value is -2.30. The van der Waals surface area contributed by atoms with Crippen LogP contribution in [0.15, 0.2) is 22.8 Å². The maximum Gasteiger partial charge on any atom is 0.326 e. The maximum absolute atomic E-state index is 12.4. The van der Waals surface area contributed by atoms with E-state index in [1.165, 1.54) is 6.26 Å². The molecule has 0 saturated carbocycles. The van der Waals surface area contributed by atoms with E-state index in [-0.39, 0.29) is 5.92 Å². The van der Waals surface area contributed by atoms with Crippen LogP contribution in [-0.4, -0.2) is 23.0 Å². The van der Waals surface area contributed by atoms with Crippen molar-refractivity contribution in [2.75, 3.05) is 0 Å². The first kappa shape index (κ1) is 16.1. The van der Waals surface area contributed by atoms with E-state index in [0.29, 0.717) is 23.0 Å². The number of carboxylic acid groups (broad SMARTS) is 1. The monoisotopic (exact) mass is 303 g/mol. The second-order valence-corrected chi connectivity index (χ2v) is 6.08. The highest BCUT2D eigenvalue weighted by Crippen LogP contribution is 2.25. The third-order valence-corrected chi connectivity index (χ3v) is 3.74. The molecule has 0 aliphatic carbocycles. The van der Waals surface area contributed by atoms with Gasteiger partial charge in [-0.15, -0.1) is 0 Å². The van der Waals surface area contributed by atoms with Gasteiger partial charge in [-0.2, -0.15) is 0 Å². The van der Waals surface area contributed by atoms with Gasteiger partial charge in [0.15, 0.2) is 0 Å². The van der Waals surface area contributed by atoms with Gasteiger partial charge in [0, 0.05) is 5.39 Å². The summed E-state index contributed by atoms with van der Waals surface area (Å²) < 4.78 is 5.42. The minimum Gasteiger partial charge on any atom is -0.480 e. The van der Waals surface area contributed by atoms with E-state index in [4.69, 9.17) is 4.42 Å². The third-order valence-electron chi connectivity index (χ3n) is 3.74. The molecule has 1 amide bonds. The van der Waals surface area contributed by atoms with Gasteiger partial charge < -0.3 is 14.8 Å². The van der Waals surface area contributed by atoms with Crippen LogP contribution in [0.5, 0.6) is 0 Å². The lowest BCUT2D eigenvalue weighted by molar-refractivity contribution is -0.139. The van der Waals surface area contributed by atoms with Crippen molar-refractivity contribution < 1.29 is 19.1 Å². The van der Waals surface area contributed by atoms with E-state index in [2.05, 4.69) is 5.32 Å². The molecule has 1 aromatic carbocycles. The number of carboxylic acids is 1. The SMILES string of the molecule is Cc1cc2occ(C(=O)N[C@@H](CC(C)C)C(=O)O)c2cc1C. The molecule has 2 aromatic rings. The van der Waals surface area contributed by atoms with E-state index in [1.807, 2.05) is 39.8 Å². The topological polar surface area (TPSA) is 79.5 Å². The van der Waals surface area contributed by atoms with Crippen LogP contribution in [0.1, 0.15) is 41.8 Å². The standard InChI is InChI=1S/C17H21NO4/c1-9(2)5-14(17(20)21)18-16(19)13-8-22-15-7-11(4)10(3)6-12(13)15/h6-9,14H,5H2,1-4H3,(H,18,19)(H,20,21)/t14-/m0/s1. The number of furan rings is 1. The van der Waals surface area contributed by atoms with Crippen LogP contribution in [0.4, 0.5) is 0 Å². The molecule has 0 bridgehead atoms. The summed E-state index contributed by atoms with van der Waals surface area (Å²) in [4.78, 5) is 23.6. The predicted octanol–water partition coefficient (Wildman–Crippen LogP) is 3.28. The molecule has 0 radical (unpaired) electrons. The molecule has 0 fully saturated rings. The van der Waals surface area contributed by atoms with E-state index in [0.717, 1.165) is 11.1 Å². The second-order valence-electron chi connectivity index (χ2n) is 6.08. The summed E-state index contributed by atoms with van der Waals surface area (Å²) in [7, 11) is 0. The van der Waals surface area contributed by atoms with Gasteiger partial charge in [-0.25, -0.2) is 4.79 Å².